The van der Waals surface area contributed by atoms with Gasteiger partial charge in [-0.05, 0) is 51.8 Å². The van der Waals surface area contributed by atoms with Gasteiger partial charge in [0.15, 0.2) is 0 Å². The summed E-state index contributed by atoms with van der Waals surface area (Å²) in [6, 6.07) is 11.6. The van der Waals surface area contributed by atoms with Crippen LogP contribution in [0.3, 0.4) is 0 Å². The van der Waals surface area contributed by atoms with Gasteiger partial charge in [0.2, 0.25) is 0 Å². The summed E-state index contributed by atoms with van der Waals surface area (Å²) in [4.78, 5) is 28.3. The quantitative estimate of drug-likeness (QED) is 0.392. The molecule has 2 aromatic carbocycles. The lowest BCUT2D eigenvalue weighted by atomic mass is 10.1. The van der Waals surface area contributed by atoms with Crippen LogP contribution in [0.1, 0.15) is 11.3 Å². The van der Waals surface area contributed by atoms with Gasteiger partial charge in [-0.1, -0.05) is 17.7 Å². The van der Waals surface area contributed by atoms with Crippen molar-refractivity contribution in [2.75, 3.05) is 25.4 Å². The molecule has 3 N–H and O–H groups in total. The van der Waals surface area contributed by atoms with Gasteiger partial charge in [0, 0.05) is 64.2 Å². The van der Waals surface area contributed by atoms with E-state index in [1.807, 2.05) is 36.4 Å². The zero-order valence-electron chi connectivity index (χ0n) is 17.3. The molecule has 2 aromatic heterocycles. The number of aromatic amines is 1. The van der Waals surface area contributed by atoms with E-state index in [1.165, 1.54) is 6.33 Å². The fraction of sp³-hybridized carbons (Fsp3) is 0.261. The maximum atomic E-state index is 11.9. The third-order valence-corrected chi connectivity index (χ3v) is 7.18. The third-order valence-electron chi connectivity index (χ3n) is 6.04. The summed E-state index contributed by atoms with van der Waals surface area (Å²) in [6.45, 7) is 3.77. The van der Waals surface area contributed by atoms with E-state index in [9.17, 15) is 4.79 Å². The van der Waals surface area contributed by atoms with Crippen LogP contribution in [-0.4, -0.2) is 56.7 Å². The highest BCUT2D eigenvalue weighted by Gasteiger charge is 2.27. The highest BCUT2D eigenvalue weighted by molar-refractivity contribution is 9.10. The molecule has 0 bridgehead atoms. The van der Waals surface area contributed by atoms with E-state index in [0.29, 0.717) is 23.9 Å². The number of rotatable bonds is 5. The van der Waals surface area contributed by atoms with Gasteiger partial charge < -0.3 is 15.5 Å². The monoisotopic (exact) mass is 512 g/mol. The second-order valence-electron chi connectivity index (χ2n) is 8.13. The Bertz CT molecular complexity index is 1310. The zero-order valence-corrected chi connectivity index (χ0v) is 19.6. The fourth-order valence-corrected chi connectivity index (χ4v) is 5.08. The number of nitrogens with zero attached hydrogens (tertiary/aromatic N) is 4. The molecular weight excluding hydrogens is 492 g/mol. The summed E-state index contributed by atoms with van der Waals surface area (Å²) in [7, 11) is 0. The molecule has 3 heterocycles. The zero-order chi connectivity index (χ0) is 22.2. The maximum absolute atomic E-state index is 11.9. The van der Waals surface area contributed by atoms with Crippen molar-refractivity contribution in [2.24, 2.45) is 0 Å². The topological polar surface area (TPSA) is 91.1 Å². The highest BCUT2D eigenvalue weighted by Crippen LogP contribution is 2.31. The van der Waals surface area contributed by atoms with Crippen LogP contribution in [0.4, 0.5) is 5.82 Å². The molecular formula is C23H22BrClN6O. The second kappa shape index (κ2) is 8.78. The number of aldehydes is 1. The van der Waals surface area contributed by atoms with Crippen LogP contribution in [0.2, 0.25) is 5.02 Å². The Kier molecular flexibility index (Phi) is 5.86. The molecule has 1 aliphatic rings. The molecule has 0 saturated carbocycles. The molecule has 1 saturated heterocycles. The molecule has 0 spiro atoms. The number of aromatic nitrogens is 3. The first-order valence-corrected chi connectivity index (χ1v) is 11.6. The number of benzene rings is 2. The summed E-state index contributed by atoms with van der Waals surface area (Å²) >= 11 is 9.86. The summed E-state index contributed by atoms with van der Waals surface area (Å²) < 4.78 is 1.03. The Morgan fingerprint density at radius 2 is 2.03 bits per heavy atom. The van der Waals surface area contributed by atoms with E-state index in [1.54, 1.807) is 0 Å². The number of nitrogens with one attached hydrogen (secondary N) is 1. The second-order valence-corrected chi connectivity index (χ2v) is 9.36. The first-order chi connectivity index (χ1) is 15.5. The van der Waals surface area contributed by atoms with Crippen molar-refractivity contribution in [3.8, 4) is 0 Å². The third kappa shape index (κ3) is 4.11. The molecule has 1 atom stereocenters. The van der Waals surface area contributed by atoms with Crippen molar-refractivity contribution in [1.82, 2.24) is 24.8 Å². The maximum Gasteiger partial charge on any atom is 0.138 e. The number of H-pyrrole nitrogens is 1. The fourth-order valence-electron chi connectivity index (χ4n) is 4.35. The minimum Gasteiger partial charge on any atom is -0.383 e. The Morgan fingerprint density at radius 1 is 1.16 bits per heavy atom. The van der Waals surface area contributed by atoms with E-state index >= 15 is 0 Å². The molecule has 0 amide bonds. The smallest absolute Gasteiger partial charge is 0.138 e. The van der Waals surface area contributed by atoms with Crippen molar-refractivity contribution in [3.63, 3.8) is 0 Å². The van der Waals surface area contributed by atoms with Crippen molar-refractivity contribution < 1.29 is 4.79 Å². The van der Waals surface area contributed by atoms with Crippen molar-refractivity contribution in [3.05, 3.63) is 63.5 Å². The number of fused-ring (bicyclic) bond motifs is 2. The molecule has 7 nitrogen and oxygen atoms in total. The molecule has 9 heteroatoms. The Morgan fingerprint density at radius 3 is 2.88 bits per heavy atom. The average molecular weight is 514 g/mol. The van der Waals surface area contributed by atoms with Gasteiger partial charge in [-0.25, -0.2) is 9.97 Å². The lowest BCUT2D eigenvalue weighted by molar-refractivity contribution is -0.115. The predicted molar refractivity (Wildman–Crippen MR) is 130 cm³/mol. The molecule has 1 aliphatic heterocycles. The highest BCUT2D eigenvalue weighted by atomic mass is 79.9. The van der Waals surface area contributed by atoms with Crippen molar-refractivity contribution in [2.45, 2.75) is 19.1 Å². The molecule has 4 aromatic rings. The lowest BCUT2D eigenvalue weighted by Crippen LogP contribution is -2.53. The molecule has 164 valence electrons. The lowest BCUT2D eigenvalue weighted by Gasteiger charge is -2.39. The van der Waals surface area contributed by atoms with E-state index in [-0.39, 0.29) is 6.04 Å². The van der Waals surface area contributed by atoms with Gasteiger partial charge in [-0.3, -0.25) is 9.80 Å². The molecule has 1 fully saturated rings. The number of halogens is 2. The van der Waals surface area contributed by atoms with Crippen LogP contribution in [0.15, 0.2) is 47.2 Å². The van der Waals surface area contributed by atoms with Crippen LogP contribution in [-0.2, 0) is 17.9 Å². The number of carbonyl (C=O) groups excluding carboxylic acids is 1. The van der Waals surface area contributed by atoms with Crippen molar-refractivity contribution in [1.29, 1.82) is 0 Å². The largest absolute Gasteiger partial charge is 0.383 e. The van der Waals surface area contributed by atoms with Gasteiger partial charge in [0.25, 0.3) is 0 Å². The van der Waals surface area contributed by atoms with Crippen LogP contribution < -0.4 is 5.73 Å². The van der Waals surface area contributed by atoms with Gasteiger partial charge >= 0.3 is 0 Å². The molecule has 0 aliphatic carbocycles. The number of hydrogen-bond donors (Lipinski definition) is 2. The number of nitrogens with two attached hydrogens (primary N) is 1. The SMILES string of the molecule is Nc1ncnc2cc(CN3CCN(Cc4[nH]c5ccc(Cl)cc5c4Br)C[C@H]3C=O)ccc12. The van der Waals surface area contributed by atoms with Crippen LogP contribution in [0, 0.1) is 0 Å². The number of anilines is 1. The number of nitrogen functional groups attached to an aromatic ring is 1. The average Bonchev–Trinajstić information content (AvgIpc) is 3.09. The Labute approximate surface area is 198 Å². The Hall–Kier alpha value is -2.52. The minimum absolute atomic E-state index is 0.174. The molecule has 32 heavy (non-hydrogen) atoms. The van der Waals surface area contributed by atoms with Crippen LogP contribution in [0.5, 0.6) is 0 Å². The summed E-state index contributed by atoms with van der Waals surface area (Å²) in [5, 5.41) is 2.62. The van der Waals surface area contributed by atoms with E-state index in [0.717, 1.165) is 63.5 Å². The minimum atomic E-state index is -0.174. The Balaban J connectivity index is 1.29. The van der Waals surface area contributed by atoms with Crippen molar-refractivity contribution >= 4 is 61.4 Å². The van der Waals surface area contributed by atoms with Gasteiger partial charge in [0.05, 0.1) is 11.6 Å². The first-order valence-electron chi connectivity index (χ1n) is 10.4. The number of carbonyl (C=O) groups is 1. The number of hydrogen-bond acceptors (Lipinski definition) is 6. The van der Waals surface area contributed by atoms with Gasteiger partial charge in [-0.15, -0.1) is 0 Å². The van der Waals surface area contributed by atoms with Gasteiger partial charge in [0.1, 0.15) is 18.4 Å². The number of piperazine rings is 1. The normalized spacial score (nSPS) is 17.9. The van der Waals surface area contributed by atoms with Crippen LogP contribution >= 0.6 is 27.5 Å². The standard InChI is InChI=1S/C23H22BrClN6O/c24-22-18-8-15(25)2-4-19(18)29-21(22)11-30-5-6-31(16(10-30)12-32)9-14-1-3-17-20(7-14)27-13-28-23(17)26/h1-4,7-8,12-13,16,29H,5-6,9-11H2,(H2,26,27,28)/t16-/m0/s1. The van der Waals surface area contributed by atoms with Crippen LogP contribution in [0.25, 0.3) is 21.8 Å². The molecule has 0 unspecified atom stereocenters. The summed E-state index contributed by atoms with van der Waals surface area (Å²) in [6.07, 6.45) is 2.53. The van der Waals surface area contributed by atoms with Gasteiger partial charge in [-0.2, -0.15) is 0 Å². The summed E-state index contributed by atoms with van der Waals surface area (Å²) in [5.74, 6) is 0.478. The van der Waals surface area contributed by atoms with E-state index < -0.39 is 0 Å². The summed E-state index contributed by atoms with van der Waals surface area (Å²) in [5.41, 5.74) is 9.99. The van der Waals surface area contributed by atoms with E-state index in [2.05, 4.69) is 40.7 Å². The first kappa shape index (κ1) is 21.3. The molecule has 0 radical (unpaired) electrons. The predicted octanol–water partition coefficient (Wildman–Crippen LogP) is 3.99. The molecule has 5 rings (SSSR count). The van der Waals surface area contributed by atoms with E-state index in [4.69, 9.17) is 17.3 Å².